The number of hydrazone groups is 1. The molecule has 0 heterocycles. The van der Waals surface area contributed by atoms with Crippen LogP contribution in [-0.2, 0) is 0 Å². The lowest BCUT2D eigenvalue weighted by atomic mass is 9.99. The molecule has 0 radical (unpaired) electrons. The van der Waals surface area contributed by atoms with Crippen molar-refractivity contribution in [1.82, 2.24) is 5.43 Å². The molecule has 0 aliphatic heterocycles. The SMILES string of the molecule is CC[C@@H](C)c1ccc(OCCCOc2ccccc2/C=N\NC(N)=O)cc1. The number of nitrogens with one attached hydrogen (secondary N) is 1. The zero-order chi connectivity index (χ0) is 19.5. The summed E-state index contributed by atoms with van der Waals surface area (Å²) in [5.41, 5.74) is 9.23. The molecule has 0 saturated carbocycles. The minimum Gasteiger partial charge on any atom is -0.493 e. The van der Waals surface area contributed by atoms with Gasteiger partial charge in [-0.25, -0.2) is 10.2 Å². The standard InChI is InChI=1S/C21H27N3O3/c1-3-16(2)17-9-11-19(12-10-17)26-13-6-14-27-20-8-5-4-7-18(20)15-23-24-21(22)25/h4-5,7-12,15-16H,3,6,13-14H2,1-2H3,(H3,22,24,25)/b23-15-/t16-/m1/s1. The van der Waals surface area contributed by atoms with Crippen molar-refractivity contribution in [3.05, 3.63) is 59.7 Å². The van der Waals surface area contributed by atoms with E-state index < -0.39 is 6.03 Å². The van der Waals surface area contributed by atoms with Gasteiger partial charge in [-0.1, -0.05) is 38.1 Å². The Morgan fingerprint density at radius 2 is 1.85 bits per heavy atom. The van der Waals surface area contributed by atoms with Crippen LogP contribution < -0.4 is 20.6 Å². The number of nitrogens with two attached hydrogens (primary N) is 1. The lowest BCUT2D eigenvalue weighted by Gasteiger charge is -2.11. The van der Waals surface area contributed by atoms with Crippen LogP contribution in [0, 0.1) is 0 Å². The number of benzene rings is 2. The summed E-state index contributed by atoms with van der Waals surface area (Å²) in [6.07, 6.45) is 3.37. The monoisotopic (exact) mass is 369 g/mol. The Morgan fingerprint density at radius 1 is 1.15 bits per heavy atom. The van der Waals surface area contributed by atoms with E-state index in [1.807, 2.05) is 36.4 Å². The van der Waals surface area contributed by atoms with E-state index in [9.17, 15) is 4.79 Å². The molecule has 2 aromatic carbocycles. The maximum Gasteiger partial charge on any atom is 0.332 e. The second-order valence-corrected chi connectivity index (χ2v) is 6.20. The van der Waals surface area contributed by atoms with Crippen molar-refractivity contribution in [2.75, 3.05) is 13.2 Å². The number of nitrogens with zero attached hydrogens (tertiary/aromatic N) is 1. The topological polar surface area (TPSA) is 85.9 Å². The highest BCUT2D eigenvalue weighted by Gasteiger charge is 2.03. The van der Waals surface area contributed by atoms with Gasteiger partial charge in [0.05, 0.1) is 19.4 Å². The van der Waals surface area contributed by atoms with Gasteiger partial charge < -0.3 is 15.2 Å². The predicted octanol–water partition coefficient (Wildman–Crippen LogP) is 4.05. The molecule has 6 nitrogen and oxygen atoms in total. The number of amides is 2. The van der Waals surface area contributed by atoms with Crippen molar-refractivity contribution in [2.24, 2.45) is 10.8 Å². The summed E-state index contributed by atoms with van der Waals surface area (Å²) < 4.78 is 11.5. The summed E-state index contributed by atoms with van der Waals surface area (Å²) in [5, 5.41) is 3.76. The normalized spacial score (nSPS) is 11.9. The second kappa shape index (κ2) is 10.9. The number of ether oxygens (including phenoxy) is 2. The molecule has 2 amide bonds. The highest BCUT2D eigenvalue weighted by molar-refractivity contribution is 5.84. The number of primary amides is 1. The molecular weight excluding hydrogens is 342 g/mol. The molecule has 0 aliphatic carbocycles. The third-order valence-electron chi connectivity index (χ3n) is 4.17. The Labute approximate surface area is 160 Å². The smallest absolute Gasteiger partial charge is 0.332 e. The highest BCUT2D eigenvalue weighted by atomic mass is 16.5. The summed E-state index contributed by atoms with van der Waals surface area (Å²) in [7, 11) is 0. The van der Waals surface area contributed by atoms with Gasteiger partial charge in [-0.05, 0) is 42.2 Å². The number of hydrogen-bond donors (Lipinski definition) is 2. The number of hydrogen-bond acceptors (Lipinski definition) is 4. The molecule has 0 aliphatic rings. The van der Waals surface area contributed by atoms with Crippen molar-refractivity contribution >= 4 is 12.2 Å². The maximum atomic E-state index is 10.7. The van der Waals surface area contributed by atoms with Crippen molar-refractivity contribution in [3.63, 3.8) is 0 Å². The van der Waals surface area contributed by atoms with Crippen LogP contribution in [0.5, 0.6) is 11.5 Å². The lowest BCUT2D eigenvalue weighted by molar-refractivity contribution is 0.247. The summed E-state index contributed by atoms with van der Waals surface area (Å²) in [5.74, 6) is 2.12. The van der Waals surface area contributed by atoms with E-state index in [4.69, 9.17) is 15.2 Å². The van der Waals surface area contributed by atoms with Crippen LogP contribution in [0.1, 0.15) is 43.7 Å². The van der Waals surface area contributed by atoms with Crippen LogP contribution in [0.15, 0.2) is 53.6 Å². The van der Waals surface area contributed by atoms with E-state index in [0.29, 0.717) is 24.9 Å². The molecule has 0 saturated heterocycles. The highest BCUT2D eigenvalue weighted by Crippen LogP contribution is 2.21. The number of para-hydroxylation sites is 1. The van der Waals surface area contributed by atoms with Crippen LogP contribution in [0.4, 0.5) is 4.79 Å². The second-order valence-electron chi connectivity index (χ2n) is 6.20. The molecule has 0 unspecified atom stereocenters. The first-order valence-electron chi connectivity index (χ1n) is 9.13. The number of carbonyl (C=O) groups excluding carboxylic acids is 1. The van der Waals surface area contributed by atoms with Gasteiger partial charge in [-0.3, -0.25) is 0 Å². The zero-order valence-electron chi connectivity index (χ0n) is 15.9. The minimum atomic E-state index is -0.709. The van der Waals surface area contributed by atoms with Gasteiger partial charge >= 0.3 is 6.03 Å². The fraction of sp³-hybridized carbons (Fsp3) is 0.333. The third kappa shape index (κ3) is 7.01. The maximum absolute atomic E-state index is 10.7. The summed E-state index contributed by atoms with van der Waals surface area (Å²) in [4.78, 5) is 10.7. The third-order valence-corrected chi connectivity index (χ3v) is 4.17. The lowest BCUT2D eigenvalue weighted by Crippen LogP contribution is -2.24. The van der Waals surface area contributed by atoms with Gasteiger partial charge in [0.25, 0.3) is 0 Å². The minimum absolute atomic E-state index is 0.513. The Bertz CT molecular complexity index is 745. The van der Waals surface area contributed by atoms with Crippen LogP contribution in [0.25, 0.3) is 0 Å². The largest absolute Gasteiger partial charge is 0.493 e. The van der Waals surface area contributed by atoms with E-state index in [0.717, 1.165) is 24.2 Å². The van der Waals surface area contributed by atoms with Crippen LogP contribution in [0.3, 0.4) is 0 Å². The van der Waals surface area contributed by atoms with Crippen molar-refractivity contribution < 1.29 is 14.3 Å². The summed E-state index contributed by atoms with van der Waals surface area (Å²) in [6.45, 7) is 5.49. The van der Waals surface area contributed by atoms with E-state index in [1.54, 1.807) is 0 Å². The Hall–Kier alpha value is -3.02. The fourth-order valence-corrected chi connectivity index (χ4v) is 2.44. The van der Waals surface area contributed by atoms with E-state index in [2.05, 4.69) is 36.5 Å². The molecule has 2 aromatic rings. The Kier molecular flexibility index (Phi) is 8.16. The Morgan fingerprint density at radius 3 is 2.56 bits per heavy atom. The Balaban J connectivity index is 1.75. The van der Waals surface area contributed by atoms with Gasteiger partial charge in [0.2, 0.25) is 0 Å². The van der Waals surface area contributed by atoms with Crippen molar-refractivity contribution in [3.8, 4) is 11.5 Å². The van der Waals surface area contributed by atoms with E-state index in [1.165, 1.54) is 11.8 Å². The van der Waals surface area contributed by atoms with Gasteiger partial charge in [0.15, 0.2) is 0 Å². The zero-order valence-corrected chi connectivity index (χ0v) is 15.9. The molecule has 0 fully saturated rings. The number of urea groups is 1. The molecule has 2 rings (SSSR count). The first-order valence-corrected chi connectivity index (χ1v) is 9.13. The molecule has 0 bridgehead atoms. The van der Waals surface area contributed by atoms with Crippen LogP contribution >= 0.6 is 0 Å². The molecule has 144 valence electrons. The van der Waals surface area contributed by atoms with E-state index in [-0.39, 0.29) is 0 Å². The van der Waals surface area contributed by atoms with Crippen LogP contribution in [-0.4, -0.2) is 25.5 Å². The van der Waals surface area contributed by atoms with Gasteiger partial charge in [0, 0.05) is 12.0 Å². The van der Waals surface area contributed by atoms with Gasteiger partial charge in [0.1, 0.15) is 11.5 Å². The molecule has 3 N–H and O–H groups in total. The van der Waals surface area contributed by atoms with E-state index >= 15 is 0 Å². The fourth-order valence-electron chi connectivity index (χ4n) is 2.44. The average molecular weight is 369 g/mol. The summed E-state index contributed by atoms with van der Waals surface area (Å²) in [6, 6.07) is 15.0. The summed E-state index contributed by atoms with van der Waals surface area (Å²) >= 11 is 0. The molecule has 0 spiro atoms. The number of carbonyl (C=O) groups is 1. The van der Waals surface area contributed by atoms with Gasteiger partial charge in [-0.2, -0.15) is 5.10 Å². The van der Waals surface area contributed by atoms with Gasteiger partial charge in [-0.15, -0.1) is 0 Å². The average Bonchev–Trinajstić information content (AvgIpc) is 2.68. The molecular formula is C21H27N3O3. The first kappa shape index (κ1) is 20.3. The van der Waals surface area contributed by atoms with Crippen molar-refractivity contribution in [2.45, 2.75) is 32.6 Å². The number of rotatable bonds is 10. The predicted molar refractivity (Wildman–Crippen MR) is 108 cm³/mol. The quantitative estimate of drug-likeness (QED) is 0.376. The molecule has 1 atom stereocenters. The molecule has 0 aromatic heterocycles. The molecule has 27 heavy (non-hydrogen) atoms. The van der Waals surface area contributed by atoms with Crippen LogP contribution in [0.2, 0.25) is 0 Å². The van der Waals surface area contributed by atoms with Crippen molar-refractivity contribution in [1.29, 1.82) is 0 Å². The molecule has 6 heteroatoms. The first-order chi connectivity index (χ1) is 13.1.